The van der Waals surface area contributed by atoms with Crippen LogP contribution in [0, 0.1) is 0 Å². The van der Waals surface area contributed by atoms with E-state index in [0.29, 0.717) is 16.7 Å². The van der Waals surface area contributed by atoms with E-state index in [2.05, 4.69) is 10.2 Å². The Hall–Kier alpha value is -3.73. The number of Topliss-reactive ketones (excluding diaryl/α,β-unsaturated/α-hetero) is 1. The van der Waals surface area contributed by atoms with Crippen LogP contribution in [-0.4, -0.2) is 27.9 Å². The van der Waals surface area contributed by atoms with Crippen molar-refractivity contribution in [2.45, 2.75) is 0 Å². The summed E-state index contributed by atoms with van der Waals surface area (Å²) in [5, 5.41) is 27.2. The molecule has 26 heavy (non-hydrogen) atoms. The van der Waals surface area contributed by atoms with Crippen LogP contribution in [0.1, 0.15) is 21.5 Å². The van der Waals surface area contributed by atoms with E-state index in [4.69, 9.17) is 0 Å². The van der Waals surface area contributed by atoms with Gasteiger partial charge in [-0.2, -0.15) is 5.10 Å². The zero-order valence-electron chi connectivity index (χ0n) is 13.8. The maximum absolute atomic E-state index is 12.8. The molecule has 3 aromatic carbocycles. The average molecular weight is 344 g/mol. The molecule has 0 radical (unpaired) electrons. The second-order valence-corrected chi connectivity index (χ2v) is 5.50. The van der Waals surface area contributed by atoms with E-state index in [1.165, 1.54) is 24.4 Å². The molecule has 128 valence electrons. The summed E-state index contributed by atoms with van der Waals surface area (Å²) in [7, 11) is 0. The van der Waals surface area contributed by atoms with Crippen LogP contribution in [0.2, 0.25) is 0 Å². The molecule has 5 heteroatoms. The summed E-state index contributed by atoms with van der Waals surface area (Å²) in [6.45, 7) is 0. The minimum atomic E-state index is -0.246. The van der Waals surface area contributed by atoms with E-state index in [9.17, 15) is 15.0 Å². The second-order valence-electron chi connectivity index (χ2n) is 5.50. The minimum Gasteiger partial charge on any atom is -0.508 e. The van der Waals surface area contributed by atoms with Gasteiger partial charge < -0.3 is 10.2 Å². The van der Waals surface area contributed by atoms with Crippen LogP contribution in [0.15, 0.2) is 89.1 Å². The molecular formula is C21H16N2O3. The Bertz CT molecular complexity index is 965. The fourth-order valence-electron chi connectivity index (χ4n) is 2.35. The average Bonchev–Trinajstić information content (AvgIpc) is 2.67. The lowest BCUT2D eigenvalue weighted by Gasteiger charge is -2.04. The summed E-state index contributed by atoms with van der Waals surface area (Å²) < 4.78 is 0. The molecule has 0 atom stereocenters. The van der Waals surface area contributed by atoms with Gasteiger partial charge in [0, 0.05) is 22.8 Å². The van der Waals surface area contributed by atoms with Crippen LogP contribution in [0.5, 0.6) is 11.5 Å². The second kappa shape index (κ2) is 7.90. The molecule has 0 fully saturated rings. The third-order valence-corrected chi connectivity index (χ3v) is 3.67. The highest BCUT2D eigenvalue weighted by atomic mass is 16.3. The Morgan fingerprint density at radius 1 is 0.808 bits per heavy atom. The number of phenols is 2. The highest BCUT2D eigenvalue weighted by Crippen LogP contribution is 2.21. The number of benzene rings is 3. The first-order chi connectivity index (χ1) is 12.6. The molecule has 0 unspecified atom stereocenters. The first-order valence-electron chi connectivity index (χ1n) is 7.93. The van der Waals surface area contributed by atoms with E-state index in [1.807, 2.05) is 24.3 Å². The normalized spacial score (nSPS) is 11.6. The van der Waals surface area contributed by atoms with Crippen LogP contribution < -0.4 is 0 Å². The van der Waals surface area contributed by atoms with Gasteiger partial charge in [-0.15, -0.1) is 5.10 Å². The number of hydrogen-bond donors (Lipinski definition) is 2. The van der Waals surface area contributed by atoms with Gasteiger partial charge in [0.05, 0.1) is 6.21 Å². The van der Waals surface area contributed by atoms with E-state index < -0.39 is 0 Å². The van der Waals surface area contributed by atoms with Crippen molar-refractivity contribution in [2.75, 3.05) is 0 Å². The Balaban J connectivity index is 1.96. The Morgan fingerprint density at radius 2 is 1.42 bits per heavy atom. The molecule has 0 spiro atoms. The summed E-state index contributed by atoms with van der Waals surface area (Å²) in [5.41, 5.74) is 1.74. The number of aromatic hydroxyl groups is 2. The number of carbonyl (C=O) groups is 1. The maximum atomic E-state index is 12.8. The topological polar surface area (TPSA) is 82.2 Å². The zero-order chi connectivity index (χ0) is 18.4. The summed E-state index contributed by atoms with van der Waals surface area (Å²) >= 11 is 0. The fourth-order valence-corrected chi connectivity index (χ4v) is 2.35. The minimum absolute atomic E-state index is 0.0487. The molecular weight excluding hydrogens is 328 g/mol. The van der Waals surface area contributed by atoms with Crippen LogP contribution in [-0.2, 0) is 0 Å². The fraction of sp³-hybridized carbons (Fsp3) is 0. The van der Waals surface area contributed by atoms with Crippen LogP contribution in [0.4, 0.5) is 0 Å². The first-order valence-corrected chi connectivity index (χ1v) is 7.93. The standard InChI is InChI=1S/C21H16N2O3/c24-18-12-11-17(19(25)13-18)14-22-23-20(15-7-3-1-4-8-15)21(26)16-9-5-2-6-10-16/h1-14,24-25H/b22-14+,23-20?. The summed E-state index contributed by atoms with van der Waals surface area (Å²) in [6, 6.07) is 22.0. The molecule has 5 nitrogen and oxygen atoms in total. The van der Waals surface area contributed by atoms with Gasteiger partial charge in [-0.05, 0) is 12.1 Å². The van der Waals surface area contributed by atoms with Crippen molar-refractivity contribution in [3.63, 3.8) is 0 Å². The molecule has 0 saturated heterocycles. The maximum Gasteiger partial charge on any atom is 0.213 e. The smallest absolute Gasteiger partial charge is 0.213 e. The molecule has 2 N–H and O–H groups in total. The quantitative estimate of drug-likeness (QED) is 0.419. The molecule has 0 heterocycles. The van der Waals surface area contributed by atoms with Gasteiger partial charge in [-0.3, -0.25) is 4.79 Å². The Kier molecular flexibility index (Phi) is 5.19. The number of rotatable bonds is 5. The molecule has 3 rings (SSSR count). The van der Waals surface area contributed by atoms with Crippen LogP contribution >= 0.6 is 0 Å². The first kappa shape index (κ1) is 17.1. The van der Waals surface area contributed by atoms with Gasteiger partial charge in [0.1, 0.15) is 17.2 Å². The molecule has 0 aromatic heterocycles. The number of ketones is 1. The molecule has 0 saturated carbocycles. The molecule has 0 aliphatic heterocycles. The van der Waals surface area contributed by atoms with Crippen LogP contribution in [0.3, 0.4) is 0 Å². The predicted molar refractivity (Wildman–Crippen MR) is 101 cm³/mol. The van der Waals surface area contributed by atoms with Crippen molar-refractivity contribution in [1.29, 1.82) is 0 Å². The number of nitrogens with zero attached hydrogens (tertiary/aromatic N) is 2. The van der Waals surface area contributed by atoms with E-state index >= 15 is 0 Å². The van der Waals surface area contributed by atoms with Gasteiger partial charge in [0.15, 0.2) is 0 Å². The summed E-state index contributed by atoms with van der Waals surface area (Å²) in [5.74, 6) is -0.421. The van der Waals surface area contributed by atoms with Gasteiger partial charge in [-0.1, -0.05) is 60.7 Å². The van der Waals surface area contributed by atoms with Crippen molar-refractivity contribution < 1.29 is 15.0 Å². The third kappa shape index (κ3) is 4.02. The van der Waals surface area contributed by atoms with Gasteiger partial charge >= 0.3 is 0 Å². The highest BCUT2D eigenvalue weighted by molar-refractivity contribution is 6.51. The van der Waals surface area contributed by atoms with E-state index in [-0.39, 0.29) is 23.0 Å². The third-order valence-electron chi connectivity index (χ3n) is 3.67. The number of phenolic OH excluding ortho intramolecular Hbond substituents is 2. The summed E-state index contributed by atoms with van der Waals surface area (Å²) in [6.07, 6.45) is 1.33. The van der Waals surface area contributed by atoms with E-state index in [0.717, 1.165) is 0 Å². The SMILES string of the molecule is O=C(C(=N/N=C/c1ccc(O)cc1O)c1ccccc1)c1ccccc1. The van der Waals surface area contributed by atoms with Crippen molar-refractivity contribution in [3.8, 4) is 11.5 Å². The Morgan fingerprint density at radius 3 is 2.04 bits per heavy atom. The molecule has 3 aromatic rings. The lowest BCUT2D eigenvalue weighted by Crippen LogP contribution is -2.15. The highest BCUT2D eigenvalue weighted by Gasteiger charge is 2.16. The Labute approximate surface area is 150 Å². The van der Waals surface area contributed by atoms with E-state index in [1.54, 1.807) is 36.4 Å². The number of hydrogen-bond acceptors (Lipinski definition) is 5. The zero-order valence-corrected chi connectivity index (χ0v) is 13.8. The molecule has 0 amide bonds. The summed E-state index contributed by atoms with van der Waals surface area (Å²) in [4.78, 5) is 12.8. The van der Waals surface area contributed by atoms with Gasteiger partial charge in [-0.25, -0.2) is 0 Å². The molecule has 0 aliphatic rings. The molecule has 0 aliphatic carbocycles. The van der Waals surface area contributed by atoms with Crippen molar-refractivity contribution >= 4 is 17.7 Å². The monoisotopic (exact) mass is 344 g/mol. The van der Waals surface area contributed by atoms with Crippen molar-refractivity contribution in [3.05, 3.63) is 95.6 Å². The van der Waals surface area contributed by atoms with Crippen molar-refractivity contribution in [2.24, 2.45) is 10.2 Å². The van der Waals surface area contributed by atoms with Crippen LogP contribution in [0.25, 0.3) is 0 Å². The largest absolute Gasteiger partial charge is 0.508 e. The lowest BCUT2D eigenvalue weighted by atomic mass is 10.0. The van der Waals surface area contributed by atoms with Gasteiger partial charge in [0.2, 0.25) is 5.78 Å². The van der Waals surface area contributed by atoms with Crippen molar-refractivity contribution in [1.82, 2.24) is 0 Å². The van der Waals surface area contributed by atoms with Gasteiger partial charge in [0.25, 0.3) is 0 Å². The predicted octanol–water partition coefficient (Wildman–Crippen LogP) is 3.80. The number of carbonyl (C=O) groups excluding carboxylic acids is 1. The lowest BCUT2D eigenvalue weighted by molar-refractivity contribution is 0.106. The molecule has 0 bridgehead atoms.